The van der Waals surface area contributed by atoms with E-state index in [2.05, 4.69) is 10.1 Å². The number of ether oxygens (including phenoxy) is 2. The van der Waals surface area contributed by atoms with Gasteiger partial charge in [-0.15, -0.1) is 0 Å². The maximum atomic E-state index is 13.8. The number of nitrogens with zero attached hydrogens (tertiary/aromatic N) is 1. The van der Waals surface area contributed by atoms with Gasteiger partial charge in [-0.1, -0.05) is 0 Å². The third kappa shape index (κ3) is 4.28. The van der Waals surface area contributed by atoms with Gasteiger partial charge < -0.3 is 19.4 Å². The van der Waals surface area contributed by atoms with Gasteiger partial charge in [-0.3, -0.25) is 9.59 Å². The number of anilines is 1. The molecule has 28 heavy (non-hydrogen) atoms. The number of methoxy groups -OCH3 is 1. The first-order chi connectivity index (χ1) is 13.4. The predicted molar refractivity (Wildman–Crippen MR) is 100 cm³/mol. The van der Waals surface area contributed by atoms with Crippen LogP contribution in [-0.4, -0.2) is 36.3 Å². The largest absolute Gasteiger partial charge is 0.465 e. The lowest BCUT2D eigenvalue weighted by atomic mass is 10.1. The molecule has 1 atom stereocenters. The predicted octanol–water partition coefficient (Wildman–Crippen LogP) is 2.51. The highest BCUT2D eigenvalue weighted by molar-refractivity contribution is 6.05. The Labute approximate surface area is 161 Å². The minimum atomic E-state index is -0.732. The third-order valence-corrected chi connectivity index (χ3v) is 4.60. The number of aryl methyl sites for hydroxylation is 1. The molecular formula is C20H21FN2O5. The lowest BCUT2D eigenvalue weighted by molar-refractivity contribution is 0.0600. The summed E-state index contributed by atoms with van der Waals surface area (Å²) in [4.78, 5) is 37.1. The van der Waals surface area contributed by atoms with Crippen molar-refractivity contribution >= 4 is 17.6 Å². The number of carbonyl (C=O) groups excluding carboxylic acids is 2. The molecule has 2 aromatic rings. The number of hydrogen-bond acceptors (Lipinski definition) is 5. The van der Waals surface area contributed by atoms with Crippen LogP contribution in [-0.2, 0) is 16.0 Å². The first-order valence-corrected chi connectivity index (χ1v) is 8.91. The van der Waals surface area contributed by atoms with Crippen molar-refractivity contribution < 1.29 is 23.5 Å². The first kappa shape index (κ1) is 19.8. The van der Waals surface area contributed by atoms with E-state index in [0.29, 0.717) is 18.7 Å². The zero-order chi connectivity index (χ0) is 20.3. The maximum Gasteiger partial charge on any atom is 0.338 e. The average Bonchev–Trinajstić information content (AvgIpc) is 3.16. The van der Waals surface area contributed by atoms with E-state index in [4.69, 9.17) is 4.74 Å². The Kier molecular flexibility index (Phi) is 5.89. The molecule has 1 amide bonds. The van der Waals surface area contributed by atoms with Crippen molar-refractivity contribution in [3.05, 3.63) is 63.3 Å². The van der Waals surface area contributed by atoms with E-state index in [1.54, 1.807) is 19.2 Å². The van der Waals surface area contributed by atoms with Crippen molar-refractivity contribution in [3.63, 3.8) is 0 Å². The molecule has 1 unspecified atom stereocenters. The molecule has 1 aliphatic heterocycles. The summed E-state index contributed by atoms with van der Waals surface area (Å²) >= 11 is 0. The van der Waals surface area contributed by atoms with Gasteiger partial charge in [0.05, 0.1) is 25.3 Å². The summed E-state index contributed by atoms with van der Waals surface area (Å²) in [6, 6.07) is 5.03. The van der Waals surface area contributed by atoms with Crippen LogP contribution in [0.3, 0.4) is 0 Å². The van der Waals surface area contributed by atoms with Gasteiger partial charge >= 0.3 is 5.97 Å². The Hall–Kier alpha value is -3.00. The minimum absolute atomic E-state index is 0.0376. The molecule has 7 nitrogen and oxygen atoms in total. The number of hydrogen-bond donors (Lipinski definition) is 1. The fourth-order valence-electron chi connectivity index (χ4n) is 3.18. The number of pyridine rings is 1. The Balaban J connectivity index is 1.87. The lowest BCUT2D eigenvalue weighted by Crippen LogP contribution is -2.32. The molecular weight excluding hydrogens is 367 g/mol. The molecule has 1 N–H and O–H groups in total. The van der Waals surface area contributed by atoms with Gasteiger partial charge in [0.1, 0.15) is 11.4 Å². The van der Waals surface area contributed by atoms with Crippen molar-refractivity contribution in [2.45, 2.75) is 32.4 Å². The smallest absolute Gasteiger partial charge is 0.338 e. The first-order valence-electron chi connectivity index (χ1n) is 8.91. The van der Waals surface area contributed by atoms with Gasteiger partial charge in [0.2, 0.25) is 0 Å². The van der Waals surface area contributed by atoms with Crippen molar-refractivity contribution in [3.8, 4) is 0 Å². The number of amides is 1. The van der Waals surface area contributed by atoms with Crippen LogP contribution in [0.4, 0.5) is 10.1 Å². The summed E-state index contributed by atoms with van der Waals surface area (Å²) in [5.74, 6) is -2.12. The fraction of sp³-hybridized carbons (Fsp3) is 0.350. The molecule has 3 rings (SSSR count). The Morgan fingerprint density at radius 2 is 2.14 bits per heavy atom. The fourth-order valence-corrected chi connectivity index (χ4v) is 3.18. The van der Waals surface area contributed by atoms with Gasteiger partial charge in [0.15, 0.2) is 0 Å². The van der Waals surface area contributed by atoms with Crippen LogP contribution in [0.15, 0.2) is 35.3 Å². The Morgan fingerprint density at radius 1 is 1.36 bits per heavy atom. The van der Waals surface area contributed by atoms with Crippen molar-refractivity contribution in [2.75, 3.05) is 19.0 Å². The van der Waals surface area contributed by atoms with Crippen LogP contribution in [0, 0.1) is 12.7 Å². The summed E-state index contributed by atoms with van der Waals surface area (Å²) < 4.78 is 25.4. The van der Waals surface area contributed by atoms with Gasteiger partial charge in [0.25, 0.3) is 11.5 Å². The van der Waals surface area contributed by atoms with E-state index < -0.39 is 23.3 Å². The molecule has 0 spiro atoms. The Bertz CT molecular complexity index is 964. The summed E-state index contributed by atoms with van der Waals surface area (Å²) in [7, 11) is 1.18. The minimum Gasteiger partial charge on any atom is -0.465 e. The highest BCUT2D eigenvalue weighted by Gasteiger charge is 2.21. The van der Waals surface area contributed by atoms with E-state index in [1.165, 1.54) is 17.7 Å². The number of esters is 1. The van der Waals surface area contributed by atoms with Crippen LogP contribution in [0.5, 0.6) is 0 Å². The monoisotopic (exact) mass is 388 g/mol. The van der Waals surface area contributed by atoms with Gasteiger partial charge in [-0.25, -0.2) is 9.18 Å². The quantitative estimate of drug-likeness (QED) is 0.796. The lowest BCUT2D eigenvalue weighted by Gasteiger charge is -2.14. The van der Waals surface area contributed by atoms with Crippen LogP contribution in [0.2, 0.25) is 0 Å². The third-order valence-electron chi connectivity index (χ3n) is 4.60. The van der Waals surface area contributed by atoms with Gasteiger partial charge in [-0.2, -0.15) is 0 Å². The zero-order valence-electron chi connectivity index (χ0n) is 15.7. The maximum absolute atomic E-state index is 13.8. The summed E-state index contributed by atoms with van der Waals surface area (Å²) in [6.07, 6.45) is 3.39. The van der Waals surface area contributed by atoms with E-state index >= 15 is 0 Å². The molecule has 0 aliphatic carbocycles. The summed E-state index contributed by atoms with van der Waals surface area (Å²) in [5, 5.41) is 2.49. The molecule has 0 radical (unpaired) electrons. The molecule has 0 bridgehead atoms. The van der Waals surface area contributed by atoms with Crippen LogP contribution in [0.25, 0.3) is 0 Å². The van der Waals surface area contributed by atoms with Gasteiger partial charge in [-0.05, 0) is 49.6 Å². The highest BCUT2D eigenvalue weighted by Crippen LogP contribution is 2.17. The molecule has 1 aromatic heterocycles. The zero-order valence-corrected chi connectivity index (χ0v) is 15.7. The second kappa shape index (κ2) is 8.35. The number of carbonyl (C=O) groups is 2. The molecule has 2 heterocycles. The molecule has 0 saturated carbocycles. The highest BCUT2D eigenvalue weighted by atomic mass is 19.1. The summed E-state index contributed by atoms with van der Waals surface area (Å²) in [6.45, 7) is 2.69. The number of rotatable bonds is 5. The second-order valence-electron chi connectivity index (χ2n) is 6.64. The second-order valence-corrected chi connectivity index (χ2v) is 6.64. The van der Waals surface area contributed by atoms with Crippen molar-refractivity contribution in [1.29, 1.82) is 0 Å². The van der Waals surface area contributed by atoms with Crippen LogP contribution >= 0.6 is 0 Å². The average molecular weight is 388 g/mol. The topological polar surface area (TPSA) is 86.6 Å². The SMILES string of the molecule is COC(=O)c1cc(F)cc(NC(=O)c2c(C)ccn(CC3CCCO3)c2=O)c1. The van der Waals surface area contributed by atoms with E-state index in [0.717, 1.165) is 25.0 Å². The Morgan fingerprint density at radius 3 is 2.82 bits per heavy atom. The standard InChI is InChI=1S/C20H21FN2O5/c1-12-5-6-23(11-16-4-3-7-28-16)19(25)17(12)18(24)22-15-9-13(20(26)27-2)8-14(21)10-15/h5-6,8-10,16H,3-4,7,11H2,1-2H3,(H,22,24). The number of aromatic nitrogens is 1. The molecule has 1 fully saturated rings. The van der Waals surface area contributed by atoms with Crippen molar-refractivity contribution in [2.24, 2.45) is 0 Å². The summed E-state index contributed by atoms with van der Waals surface area (Å²) in [5.41, 5.74) is 0.0229. The number of benzene rings is 1. The molecule has 1 aliphatic rings. The molecule has 8 heteroatoms. The van der Waals surface area contributed by atoms with Crippen LogP contribution in [0.1, 0.15) is 39.1 Å². The van der Waals surface area contributed by atoms with Crippen LogP contribution < -0.4 is 10.9 Å². The van der Waals surface area contributed by atoms with E-state index in [9.17, 15) is 18.8 Å². The van der Waals surface area contributed by atoms with Crippen molar-refractivity contribution in [1.82, 2.24) is 4.57 Å². The van der Waals surface area contributed by atoms with E-state index in [1.807, 2.05) is 0 Å². The van der Waals surface area contributed by atoms with Gasteiger partial charge in [0, 0.05) is 18.5 Å². The normalized spacial score (nSPS) is 16.0. The molecule has 148 valence electrons. The molecule has 1 saturated heterocycles. The number of halogens is 1. The number of nitrogens with one attached hydrogen (secondary N) is 1. The van der Waals surface area contributed by atoms with E-state index in [-0.39, 0.29) is 22.9 Å². The molecule has 1 aromatic carbocycles.